The molecule has 0 spiro atoms. The van der Waals surface area contributed by atoms with E-state index in [-0.39, 0.29) is 11.6 Å². The van der Waals surface area contributed by atoms with E-state index < -0.39 is 11.7 Å². The first-order valence-corrected chi connectivity index (χ1v) is 4.26. The van der Waals surface area contributed by atoms with Gasteiger partial charge in [0.05, 0.1) is 0 Å². The topological polar surface area (TPSA) is 88.2 Å². The number of hydrogen-bond donors (Lipinski definition) is 1. The van der Waals surface area contributed by atoms with Gasteiger partial charge in [-0.15, -0.1) is 0 Å². The number of anilines is 1. The second-order valence-corrected chi connectivity index (χ2v) is 3.77. The average Bonchev–Trinajstić information content (AvgIpc) is 2.48. The predicted molar refractivity (Wildman–Crippen MR) is 51.1 cm³/mol. The van der Waals surface area contributed by atoms with Gasteiger partial charge in [-0.1, -0.05) is 0 Å². The van der Waals surface area contributed by atoms with Crippen molar-refractivity contribution in [1.29, 1.82) is 5.26 Å². The first-order valence-electron chi connectivity index (χ1n) is 4.26. The average molecular weight is 209 g/mol. The van der Waals surface area contributed by atoms with Crippen LogP contribution < -0.4 is 5.32 Å². The third kappa shape index (κ3) is 3.31. The minimum atomic E-state index is -0.684. The van der Waals surface area contributed by atoms with Crippen LogP contribution in [-0.2, 0) is 4.74 Å². The van der Waals surface area contributed by atoms with Crippen LogP contribution in [0.4, 0.5) is 10.7 Å². The second-order valence-electron chi connectivity index (χ2n) is 3.77. The maximum atomic E-state index is 11.3. The number of oxazole rings is 1. The van der Waals surface area contributed by atoms with Crippen LogP contribution in [0.3, 0.4) is 0 Å². The third-order valence-corrected chi connectivity index (χ3v) is 1.29. The highest BCUT2D eigenvalue weighted by Crippen LogP contribution is 2.14. The highest BCUT2D eigenvalue weighted by molar-refractivity contribution is 5.84. The van der Waals surface area contributed by atoms with Gasteiger partial charge in [-0.25, -0.2) is 9.78 Å². The molecule has 0 unspecified atom stereocenters. The predicted octanol–water partition coefficient (Wildman–Crippen LogP) is 1.89. The minimum absolute atomic E-state index is 0.00764. The largest absolute Gasteiger partial charge is 0.444 e. The molecule has 15 heavy (non-hydrogen) atoms. The van der Waals surface area contributed by atoms with Crippen molar-refractivity contribution in [3.63, 3.8) is 0 Å². The number of nitrogens with zero attached hydrogens (tertiary/aromatic N) is 2. The number of rotatable bonds is 1. The minimum Gasteiger partial charge on any atom is -0.444 e. The quantitative estimate of drug-likeness (QED) is 0.762. The molecule has 80 valence electrons. The van der Waals surface area contributed by atoms with E-state index >= 15 is 0 Å². The third-order valence-electron chi connectivity index (χ3n) is 1.29. The summed E-state index contributed by atoms with van der Waals surface area (Å²) in [6, 6.07) is 1.77. The van der Waals surface area contributed by atoms with Crippen molar-refractivity contribution in [2.75, 3.05) is 5.32 Å². The van der Waals surface area contributed by atoms with Gasteiger partial charge in [0.15, 0.2) is 6.39 Å². The van der Waals surface area contributed by atoms with Crippen molar-refractivity contribution in [2.45, 2.75) is 26.4 Å². The number of nitriles is 1. The van der Waals surface area contributed by atoms with Crippen molar-refractivity contribution in [1.82, 2.24) is 4.98 Å². The Hall–Kier alpha value is -2.03. The van der Waals surface area contributed by atoms with Crippen molar-refractivity contribution in [2.24, 2.45) is 0 Å². The molecule has 0 aliphatic rings. The van der Waals surface area contributed by atoms with Gasteiger partial charge < -0.3 is 9.15 Å². The number of ether oxygens (including phenoxy) is 1. The van der Waals surface area contributed by atoms with Gasteiger partial charge in [-0.3, -0.25) is 5.32 Å². The van der Waals surface area contributed by atoms with Crippen molar-refractivity contribution in [3.8, 4) is 6.07 Å². The summed E-state index contributed by atoms with van der Waals surface area (Å²) in [6.07, 6.45) is 0.390. The summed E-state index contributed by atoms with van der Waals surface area (Å²) in [5, 5.41) is 10.9. The highest BCUT2D eigenvalue weighted by Gasteiger charge is 2.18. The van der Waals surface area contributed by atoms with Crippen LogP contribution >= 0.6 is 0 Å². The number of carbonyl (C=O) groups excluding carboxylic acids is 1. The Morgan fingerprint density at radius 2 is 2.33 bits per heavy atom. The highest BCUT2D eigenvalue weighted by atomic mass is 16.6. The van der Waals surface area contributed by atoms with Crippen molar-refractivity contribution < 1.29 is 13.9 Å². The van der Waals surface area contributed by atoms with Crippen LogP contribution in [0.1, 0.15) is 26.5 Å². The van der Waals surface area contributed by atoms with E-state index in [1.54, 1.807) is 26.8 Å². The van der Waals surface area contributed by atoms with Crippen molar-refractivity contribution >= 4 is 12.0 Å². The monoisotopic (exact) mass is 209 g/mol. The number of amides is 1. The van der Waals surface area contributed by atoms with Crippen LogP contribution in [0.25, 0.3) is 0 Å². The van der Waals surface area contributed by atoms with E-state index in [1.165, 1.54) is 0 Å². The van der Waals surface area contributed by atoms with E-state index in [4.69, 9.17) is 14.4 Å². The van der Waals surface area contributed by atoms with E-state index in [1.807, 2.05) is 0 Å². The molecule has 0 aliphatic heterocycles. The summed E-state index contributed by atoms with van der Waals surface area (Å²) in [5.74, 6) is -0.00764. The Kier molecular flexibility index (Phi) is 2.95. The van der Waals surface area contributed by atoms with Gasteiger partial charge in [0.25, 0.3) is 0 Å². The summed E-state index contributed by atoms with van der Waals surface area (Å²) in [5.41, 5.74) is -0.586. The number of aromatic nitrogens is 1. The van der Waals surface area contributed by atoms with Crippen LogP contribution in [0, 0.1) is 11.3 Å². The fourth-order valence-corrected chi connectivity index (χ4v) is 0.811. The Morgan fingerprint density at radius 1 is 1.67 bits per heavy atom. The number of hydrogen-bond acceptors (Lipinski definition) is 5. The lowest BCUT2D eigenvalue weighted by atomic mass is 10.2. The molecule has 1 aromatic heterocycles. The summed E-state index contributed by atoms with van der Waals surface area (Å²) in [6.45, 7) is 5.20. The number of carbonyl (C=O) groups is 1. The molecule has 1 aromatic rings. The van der Waals surface area contributed by atoms with Gasteiger partial charge in [-0.2, -0.15) is 5.26 Å². The lowest BCUT2D eigenvalue weighted by Gasteiger charge is -2.18. The molecule has 0 radical (unpaired) electrons. The Balaban J connectivity index is 2.64. The molecular weight excluding hydrogens is 198 g/mol. The van der Waals surface area contributed by atoms with Gasteiger partial charge in [0.2, 0.25) is 11.6 Å². The molecule has 0 atom stereocenters. The molecule has 1 heterocycles. The Morgan fingerprint density at radius 3 is 2.87 bits per heavy atom. The molecule has 0 aromatic carbocycles. The summed E-state index contributed by atoms with van der Waals surface area (Å²) in [7, 11) is 0. The number of nitrogens with one attached hydrogen (secondary N) is 1. The van der Waals surface area contributed by atoms with E-state index in [0.717, 1.165) is 6.39 Å². The smallest absolute Gasteiger partial charge is 0.414 e. The molecule has 0 saturated carbocycles. The first kappa shape index (κ1) is 11.0. The maximum Gasteiger partial charge on any atom is 0.414 e. The molecule has 6 heteroatoms. The van der Waals surface area contributed by atoms with E-state index in [9.17, 15) is 4.79 Å². The van der Waals surface area contributed by atoms with Crippen LogP contribution in [0.5, 0.6) is 0 Å². The molecule has 0 bridgehead atoms. The maximum absolute atomic E-state index is 11.3. The fraction of sp³-hybridized carbons (Fsp3) is 0.444. The lowest BCUT2D eigenvalue weighted by Crippen LogP contribution is -2.27. The lowest BCUT2D eigenvalue weighted by molar-refractivity contribution is 0.0632. The summed E-state index contributed by atoms with van der Waals surface area (Å²) >= 11 is 0. The zero-order chi connectivity index (χ0) is 11.5. The molecule has 6 nitrogen and oxygen atoms in total. The van der Waals surface area contributed by atoms with Crippen LogP contribution in [0.15, 0.2) is 10.8 Å². The standard InChI is InChI=1S/C9H11N3O3/c1-9(2,3)15-8(13)12-7-6(4-10)11-5-14-7/h5H,1-3H3,(H,12,13). The molecule has 1 N–H and O–H groups in total. The zero-order valence-corrected chi connectivity index (χ0v) is 8.70. The molecule has 1 rings (SSSR count). The van der Waals surface area contributed by atoms with Gasteiger partial charge in [0.1, 0.15) is 11.7 Å². The zero-order valence-electron chi connectivity index (χ0n) is 8.70. The van der Waals surface area contributed by atoms with E-state index in [0.29, 0.717) is 0 Å². The normalized spacial score (nSPS) is 10.5. The molecular formula is C9H11N3O3. The summed E-state index contributed by atoms with van der Waals surface area (Å²) in [4.78, 5) is 14.8. The van der Waals surface area contributed by atoms with E-state index in [2.05, 4.69) is 10.3 Å². The second kappa shape index (κ2) is 4.00. The molecule has 0 fully saturated rings. The molecule has 0 saturated heterocycles. The fourth-order valence-electron chi connectivity index (χ4n) is 0.811. The first-order chi connectivity index (χ1) is 6.92. The van der Waals surface area contributed by atoms with Crippen LogP contribution in [-0.4, -0.2) is 16.7 Å². The Bertz CT molecular complexity index is 397. The van der Waals surface area contributed by atoms with Crippen molar-refractivity contribution in [3.05, 3.63) is 12.1 Å². The van der Waals surface area contributed by atoms with Gasteiger partial charge in [0, 0.05) is 0 Å². The SMILES string of the molecule is CC(C)(C)OC(=O)Nc1ocnc1C#N. The van der Waals surface area contributed by atoms with Crippen LogP contribution in [0.2, 0.25) is 0 Å². The van der Waals surface area contributed by atoms with Gasteiger partial charge >= 0.3 is 6.09 Å². The summed E-state index contributed by atoms with van der Waals surface area (Å²) < 4.78 is 9.76. The van der Waals surface area contributed by atoms with Gasteiger partial charge in [-0.05, 0) is 20.8 Å². The molecule has 0 aliphatic carbocycles. The molecule has 1 amide bonds. The Labute approximate surface area is 86.9 Å².